The van der Waals surface area contributed by atoms with Gasteiger partial charge in [0.25, 0.3) is 0 Å². The Morgan fingerprint density at radius 1 is 1.05 bits per heavy atom. The van der Waals surface area contributed by atoms with Gasteiger partial charge in [-0.15, -0.1) is 11.6 Å². The molecular formula is C17H16BrCl. The van der Waals surface area contributed by atoms with Gasteiger partial charge in [0.1, 0.15) is 0 Å². The molecule has 2 heteroatoms. The van der Waals surface area contributed by atoms with Gasteiger partial charge in [0.2, 0.25) is 0 Å². The summed E-state index contributed by atoms with van der Waals surface area (Å²) in [6.07, 6.45) is 2.19. The van der Waals surface area contributed by atoms with E-state index in [4.69, 9.17) is 11.6 Å². The molecule has 0 heterocycles. The predicted molar refractivity (Wildman–Crippen MR) is 84.8 cm³/mol. The van der Waals surface area contributed by atoms with Crippen LogP contribution in [0.5, 0.6) is 0 Å². The minimum absolute atomic E-state index is 0.242. The fourth-order valence-electron chi connectivity index (χ4n) is 2.69. The van der Waals surface area contributed by atoms with E-state index in [1.807, 2.05) is 0 Å². The van der Waals surface area contributed by atoms with Crippen LogP contribution in [0.25, 0.3) is 0 Å². The predicted octanol–water partition coefficient (Wildman–Crippen LogP) is 5.40. The summed E-state index contributed by atoms with van der Waals surface area (Å²) in [4.78, 5) is 0. The van der Waals surface area contributed by atoms with E-state index in [0.717, 1.165) is 10.9 Å². The van der Waals surface area contributed by atoms with E-state index in [9.17, 15) is 0 Å². The van der Waals surface area contributed by atoms with Gasteiger partial charge in [0, 0.05) is 9.85 Å². The summed E-state index contributed by atoms with van der Waals surface area (Å²) in [6, 6.07) is 19.2. The summed E-state index contributed by atoms with van der Waals surface area (Å²) in [5.41, 5.74) is 2.76. The van der Waals surface area contributed by atoms with Crippen molar-refractivity contribution >= 4 is 27.5 Å². The number of hydrogen-bond donors (Lipinski definition) is 0. The lowest BCUT2D eigenvalue weighted by Crippen LogP contribution is -2.07. The first-order valence-corrected chi connectivity index (χ1v) is 7.90. The molecule has 3 atom stereocenters. The quantitative estimate of drug-likeness (QED) is 0.656. The highest BCUT2D eigenvalue weighted by Crippen LogP contribution is 2.51. The monoisotopic (exact) mass is 334 g/mol. The highest BCUT2D eigenvalue weighted by atomic mass is 79.9. The van der Waals surface area contributed by atoms with Gasteiger partial charge >= 0.3 is 0 Å². The number of alkyl halides is 1. The first kappa shape index (κ1) is 13.2. The molecule has 98 valence electrons. The Balaban J connectivity index is 1.61. The third-order valence-electron chi connectivity index (χ3n) is 3.88. The van der Waals surface area contributed by atoms with E-state index in [1.165, 1.54) is 17.5 Å². The molecule has 2 aromatic rings. The van der Waals surface area contributed by atoms with Gasteiger partial charge < -0.3 is 0 Å². The van der Waals surface area contributed by atoms with E-state index in [2.05, 4.69) is 70.5 Å². The van der Waals surface area contributed by atoms with Crippen molar-refractivity contribution in [2.24, 2.45) is 5.92 Å². The maximum absolute atomic E-state index is 6.59. The van der Waals surface area contributed by atoms with Crippen LogP contribution in [-0.4, -0.2) is 5.38 Å². The molecular weight excluding hydrogens is 320 g/mol. The van der Waals surface area contributed by atoms with Crippen LogP contribution in [0.15, 0.2) is 59.1 Å². The van der Waals surface area contributed by atoms with Gasteiger partial charge in [-0.2, -0.15) is 0 Å². The van der Waals surface area contributed by atoms with Gasteiger partial charge in [-0.25, -0.2) is 0 Å². The van der Waals surface area contributed by atoms with Crippen molar-refractivity contribution in [1.29, 1.82) is 0 Å². The number of rotatable bonds is 4. The zero-order valence-corrected chi connectivity index (χ0v) is 12.9. The second-order valence-electron chi connectivity index (χ2n) is 5.26. The molecule has 19 heavy (non-hydrogen) atoms. The molecule has 2 aromatic carbocycles. The molecule has 0 aromatic heterocycles. The Hall–Kier alpha value is -0.790. The second kappa shape index (κ2) is 5.68. The summed E-state index contributed by atoms with van der Waals surface area (Å²) in [6.45, 7) is 0. The van der Waals surface area contributed by atoms with E-state index < -0.39 is 0 Å². The Morgan fingerprint density at radius 2 is 1.74 bits per heavy atom. The SMILES string of the molecule is ClC(Cc1ccc(Br)cc1)C1CC1c1ccccc1. The van der Waals surface area contributed by atoms with Crippen LogP contribution >= 0.6 is 27.5 Å². The Bertz CT molecular complexity index is 535. The van der Waals surface area contributed by atoms with Gasteiger partial charge in [0.05, 0.1) is 0 Å². The molecule has 0 N–H and O–H groups in total. The maximum Gasteiger partial charge on any atom is 0.0410 e. The molecule has 0 saturated heterocycles. The molecule has 1 fully saturated rings. The first-order chi connectivity index (χ1) is 9.24. The Morgan fingerprint density at radius 3 is 2.42 bits per heavy atom. The van der Waals surface area contributed by atoms with Crippen LogP contribution in [0.3, 0.4) is 0 Å². The number of hydrogen-bond acceptors (Lipinski definition) is 0. The summed E-state index contributed by atoms with van der Waals surface area (Å²) in [5.74, 6) is 1.30. The maximum atomic E-state index is 6.59. The number of benzene rings is 2. The van der Waals surface area contributed by atoms with Gasteiger partial charge in [-0.1, -0.05) is 58.4 Å². The molecule has 0 nitrogen and oxygen atoms in total. The standard InChI is InChI=1S/C17H16BrCl/c18-14-8-6-12(7-9-14)10-17(19)16-11-15(16)13-4-2-1-3-5-13/h1-9,15-17H,10-11H2. The van der Waals surface area contributed by atoms with Crippen molar-refractivity contribution in [3.05, 3.63) is 70.2 Å². The highest BCUT2D eigenvalue weighted by molar-refractivity contribution is 9.10. The summed E-state index contributed by atoms with van der Waals surface area (Å²) in [5, 5.41) is 0.242. The molecule has 0 amide bonds. The summed E-state index contributed by atoms with van der Waals surface area (Å²) >= 11 is 10.0. The minimum Gasteiger partial charge on any atom is -0.122 e. The third-order valence-corrected chi connectivity index (χ3v) is 4.88. The Labute approximate surface area is 127 Å². The van der Waals surface area contributed by atoms with Crippen molar-refractivity contribution in [2.45, 2.75) is 24.1 Å². The van der Waals surface area contributed by atoms with Crippen LogP contribution in [0.4, 0.5) is 0 Å². The summed E-state index contributed by atoms with van der Waals surface area (Å²) in [7, 11) is 0. The molecule has 0 aliphatic heterocycles. The van der Waals surface area contributed by atoms with Gasteiger partial charge in [-0.3, -0.25) is 0 Å². The first-order valence-electron chi connectivity index (χ1n) is 6.67. The van der Waals surface area contributed by atoms with Crippen molar-refractivity contribution < 1.29 is 0 Å². The average Bonchev–Trinajstić information content (AvgIpc) is 3.23. The molecule has 1 aliphatic carbocycles. The third kappa shape index (κ3) is 3.21. The van der Waals surface area contributed by atoms with Gasteiger partial charge in [0.15, 0.2) is 0 Å². The van der Waals surface area contributed by atoms with Crippen LogP contribution in [0.2, 0.25) is 0 Å². The van der Waals surface area contributed by atoms with Crippen molar-refractivity contribution in [3.8, 4) is 0 Å². The summed E-state index contributed by atoms with van der Waals surface area (Å²) < 4.78 is 1.12. The van der Waals surface area contributed by atoms with Crippen LogP contribution in [-0.2, 0) is 6.42 Å². The second-order valence-corrected chi connectivity index (χ2v) is 6.74. The lowest BCUT2D eigenvalue weighted by atomic mass is 10.0. The molecule has 0 bridgehead atoms. The van der Waals surface area contributed by atoms with E-state index in [-0.39, 0.29) is 5.38 Å². The highest BCUT2D eigenvalue weighted by Gasteiger charge is 2.42. The van der Waals surface area contributed by atoms with E-state index in [0.29, 0.717) is 11.8 Å². The molecule has 3 rings (SSSR count). The fourth-order valence-corrected chi connectivity index (χ4v) is 3.42. The molecule has 0 spiro atoms. The average molecular weight is 336 g/mol. The molecule has 1 aliphatic rings. The molecule has 3 unspecified atom stereocenters. The van der Waals surface area contributed by atoms with E-state index >= 15 is 0 Å². The van der Waals surface area contributed by atoms with Crippen LogP contribution in [0.1, 0.15) is 23.5 Å². The number of halogens is 2. The van der Waals surface area contributed by atoms with Crippen LogP contribution in [0, 0.1) is 5.92 Å². The van der Waals surface area contributed by atoms with E-state index in [1.54, 1.807) is 0 Å². The topological polar surface area (TPSA) is 0 Å². The zero-order chi connectivity index (χ0) is 13.2. The smallest absolute Gasteiger partial charge is 0.0410 e. The zero-order valence-electron chi connectivity index (χ0n) is 10.6. The van der Waals surface area contributed by atoms with Crippen molar-refractivity contribution in [2.75, 3.05) is 0 Å². The van der Waals surface area contributed by atoms with Crippen molar-refractivity contribution in [1.82, 2.24) is 0 Å². The normalized spacial score (nSPS) is 23.1. The van der Waals surface area contributed by atoms with Gasteiger partial charge in [-0.05, 0) is 47.9 Å². The minimum atomic E-state index is 0.242. The molecule has 0 radical (unpaired) electrons. The fraction of sp³-hybridized carbons (Fsp3) is 0.294. The lowest BCUT2D eigenvalue weighted by molar-refractivity contribution is 0.714. The molecule has 1 saturated carbocycles. The Kier molecular flexibility index (Phi) is 3.95. The lowest BCUT2D eigenvalue weighted by Gasteiger charge is -2.09. The largest absolute Gasteiger partial charge is 0.122 e. The van der Waals surface area contributed by atoms with Crippen molar-refractivity contribution in [3.63, 3.8) is 0 Å². The van der Waals surface area contributed by atoms with Crippen LogP contribution < -0.4 is 0 Å².